The minimum Gasteiger partial charge on any atom is -0.494 e. The van der Waals surface area contributed by atoms with Crippen molar-refractivity contribution in [3.8, 4) is 5.75 Å². The van der Waals surface area contributed by atoms with E-state index in [0.29, 0.717) is 23.6 Å². The standard InChI is InChI=1S/C12H15NO3.C2H6/c1-4-16-12-6-10(7-14)5-11(8(12)2)13-9(3)15;1-2/h5-7H,4H2,1-3H3,(H,13,15);1-2H3. The van der Waals surface area contributed by atoms with E-state index in [1.165, 1.54) is 6.92 Å². The smallest absolute Gasteiger partial charge is 0.221 e. The van der Waals surface area contributed by atoms with Crippen LogP contribution in [0.5, 0.6) is 5.75 Å². The molecule has 0 atom stereocenters. The van der Waals surface area contributed by atoms with Crippen molar-refractivity contribution in [1.82, 2.24) is 0 Å². The van der Waals surface area contributed by atoms with Gasteiger partial charge in [-0.2, -0.15) is 0 Å². The molecular formula is C14H21NO3. The van der Waals surface area contributed by atoms with Crippen LogP contribution >= 0.6 is 0 Å². The summed E-state index contributed by atoms with van der Waals surface area (Å²) in [5.74, 6) is 0.449. The number of ether oxygens (including phenoxy) is 1. The summed E-state index contributed by atoms with van der Waals surface area (Å²) < 4.78 is 5.39. The van der Waals surface area contributed by atoms with Crippen molar-refractivity contribution < 1.29 is 14.3 Å². The number of rotatable bonds is 4. The van der Waals surface area contributed by atoms with E-state index in [9.17, 15) is 9.59 Å². The van der Waals surface area contributed by atoms with E-state index >= 15 is 0 Å². The van der Waals surface area contributed by atoms with Crippen molar-refractivity contribution in [3.63, 3.8) is 0 Å². The Bertz CT molecular complexity index is 414. The fraction of sp³-hybridized carbons (Fsp3) is 0.429. The van der Waals surface area contributed by atoms with Crippen molar-refractivity contribution in [2.24, 2.45) is 0 Å². The van der Waals surface area contributed by atoms with Gasteiger partial charge in [-0.1, -0.05) is 13.8 Å². The van der Waals surface area contributed by atoms with Crippen LogP contribution in [0.2, 0.25) is 0 Å². The van der Waals surface area contributed by atoms with Crippen molar-refractivity contribution >= 4 is 17.9 Å². The first kappa shape index (κ1) is 16.2. The Hall–Kier alpha value is -1.84. The van der Waals surface area contributed by atoms with E-state index in [-0.39, 0.29) is 5.91 Å². The van der Waals surface area contributed by atoms with Crippen LogP contribution in [0.4, 0.5) is 5.69 Å². The van der Waals surface area contributed by atoms with Crippen LogP contribution < -0.4 is 10.1 Å². The SMILES string of the molecule is CC.CCOc1cc(C=O)cc(NC(C)=O)c1C. The van der Waals surface area contributed by atoms with Crippen LogP contribution in [0.3, 0.4) is 0 Å². The summed E-state index contributed by atoms with van der Waals surface area (Å²) in [5, 5.41) is 2.67. The first-order valence-corrected chi connectivity index (χ1v) is 6.08. The fourth-order valence-electron chi connectivity index (χ4n) is 1.40. The average Bonchev–Trinajstić information content (AvgIpc) is 2.36. The highest BCUT2D eigenvalue weighted by molar-refractivity contribution is 5.91. The highest BCUT2D eigenvalue weighted by Crippen LogP contribution is 2.27. The number of benzene rings is 1. The average molecular weight is 251 g/mol. The molecule has 1 aromatic rings. The van der Waals surface area contributed by atoms with Crippen molar-refractivity contribution in [3.05, 3.63) is 23.3 Å². The lowest BCUT2D eigenvalue weighted by Crippen LogP contribution is -2.08. The molecule has 100 valence electrons. The van der Waals surface area contributed by atoms with Crippen molar-refractivity contribution in [2.45, 2.75) is 34.6 Å². The zero-order valence-electron chi connectivity index (χ0n) is 11.7. The number of aldehydes is 1. The predicted octanol–water partition coefficient (Wildman–Crippen LogP) is 3.19. The summed E-state index contributed by atoms with van der Waals surface area (Å²) in [6, 6.07) is 3.30. The van der Waals surface area contributed by atoms with Gasteiger partial charge in [0.05, 0.1) is 6.61 Å². The van der Waals surface area contributed by atoms with Gasteiger partial charge in [-0.05, 0) is 26.0 Å². The number of carbonyl (C=O) groups excluding carboxylic acids is 2. The lowest BCUT2D eigenvalue weighted by atomic mass is 10.1. The molecule has 0 radical (unpaired) electrons. The Labute approximate surface area is 108 Å². The summed E-state index contributed by atoms with van der Waals surface area (Å²) in [6.07, 6.45) is 0.729. The number of nitrogens with one attached hydrogen (secondary N) is 1. The minimum absolute atomic E-state index is 0.173. The van der Waals surface area contributed by atoms with E-state index in [0.717, 1.165) is 11.8 Å². The molecule has 0 aromatic heterocycles. The molecule has 1 N–H and O–H groups in total. The maximum atomic E-state index is 11.0. The molecule has 0 bridgehead atoms. The second kappa shape index (κ2) is 8.28. The molecule has 18 heavy (non-hydrogen) atoms. The number of carbonyl (C=O) groups is 2. The van der Waals surface area contributed by atoms with Gasteiger partial charge in [0.15, 0.2) is 0 Å². The van der Waals surface area contributed by atoms with Crippen LogP contribution in [0.1, 0.15) is 43.6 Å². The zero-order valence-corrected chi connectivity index (χ0v) is 11.7. The minimum atomic E-state index is -0.173. The Morgan fingerprint density at radius 2 is 2.00 bits per heavy atom. The van der Waals surface area contributed by atoms with Gasteiger partial charge in [0.1, 0.15) is 12.0 Å². The molecule has 0 aliphatic rings. The van der Waals surface area contributed by atoms with E-state index in [1.807, 2.05) is 27.7 Å². The Kier molecular flexibility index (Phi) is 7.43. The molecular weight excluding hydrogens is 230 g/mol. The van der Waals surface area contributed by atoms with Crippen LogP contribution in [-0.4, -0.2) is 18.8 Å². The van der Waals surface area contributed by atoms with Gasteiger partial charge < -0.3 is 10.1 Å². The highest BCUT2D eigenvalue weighted by Gasteiger charge is 2.08. The van der Waals surface area contributed by atoms with E-state index in [1.54, 1.807) is 12.1 Å². The van der Waals surface area contributed by atoms with E-state index < -0.39 is 0 Å². The number of hydrogen-bond acceptors (Lipinski definition) is 3. The maximum absolute atomic E-state index is 11.0. The fourth-order valence-corrected chi connectivity index (χ4v) is 1.40. The topological polar surface area (TPSA) is 55.4 Å². The highest BCUT2D eigenvalue weighted by atomic mass is 16.5. The zero-order chi connectivity index (χ0) is 14.1. The molecule has 0 unspecified atom stereocenters. The molecule has 0 spiro atoms. The van der Waals surface area contributed by atoms with Crippen LogP contribution in [-0.2, 0) is 4.79 Å². The summed E-state index contributed by atoms with van der Waals surface area (Å²) in [6.45, 7) is 9.64. The third-order valence-corrected chi connectivity index (χ3v) is 2.13. The maximum Gasteiger partial charge on any atom is 0.221 e. The van der Waals surface area contributed by atoms with E-state index in [2.05, 4.69) is 5.32 Å². The van der Waals surface area contributed by atoms with Crippen LogP contribution in [0.15, 0.2) is 12.1 Å². The number of hydrogen-bond donors (Lipinski definition) is 1. The third-order valence-electron chi connectivity index (χ3n) is 2.13. The molecule has 0 fully saturated rings. The third kappa shape index (κ3) is 4.57. The molecule has 0 saturated heterocycles. The molecule has 0 aliphatic heterocycles. The molecule has 0 heterocycles. The predicted molar refractivity (Wildman–Crippen MR) is 73.4 cm³/mol. The molecule has 1 aromatic carbocycles. The van der Waals surface area contributed by atoms with Gasteiger partial charge in [-0.25, -0.2) is 0 Å². The molecule has 4 heteroatoms. The summed E-state index contributed by atoms with van der Waals surface area (Å²) in [7, 11) is 0. The Morgan fingerprint density at radius 3 is 2.44 bits per heavy atom. The summed E-state index contributed by atoms with van der Waals surface area (Å²) >= 11 is 0. The van der Waals surface area contributed by atoms with Gasteiger partial charge in [-0.15, -0.1) is 0 Å². The van der Waals surface area contributed by atoms with Gasteiger partial charge >= 0.3 is 0 Å². The van der Waals surface area contributed by atoms with E-state index in [4.69, 9.17) is 4.74 Å². The second-order valence-electron chi connectivity index (χ2n) is 3.42. The Balaban J connectivity index is 0.00000137. The van der Waals surface area contributed by atoms with Gasteiger partial charge in [0.2, 0.25) is 5.91 Å². The summed E-state index contributed by atoms with van der Waals surface area (Å²) in [4.78, 5) is 21.7. The Morgan fingerprint density at radius 1 is 1.39 bits per heavy atom. The van der Waals surface area contributed by atoms with Crippen molar-refractivity contribution in [1.29, 1.82) is 0 Å². The lowest BCUT2D eigenvalue weighted by molar-refractivity contribution is -0.114. The quantitative estimate of drug-likeness (QED) is 0.836. The molecule has 0 aliphatic carbocycles. The van der Waals surface area contributed by atoms with Gasteiger partial charge in [0.25, 0.3) is 0 Å². The monoisotopic (exact) mass is 251 g/mol. The normalized spacial score (nSPS) is 8.94. The second-order valence-corrected chi connectivity index (χ2v) is 3.42. The first-order valence-electron chi connectivity index (χ1n) is 6.08. The first-order chi connectivity index (χ1) is 8.58. The van der Waals surface area contributed by atoms with Crippen LogP contribution in [0.25, 0.3) is 0 Å². The summed E-state index contributed by atoms with van der Waals surface area (Å²) in [5.41, 5.74) is 1.92. The van der Waals surface area contributed by atoms with Gasteiger partial charge in [0, 0.05) is 23.7 Å². The number of amides is 1. The van der Waals surface area contributed by atoms with Crippen LogP contribution in [0, 0.1) is 6.92 Å². The number of anilines is 1. The largest absolute Gasteiger partial charge is 0.494 e. The van der Waals surface area contributed by atoms with Crippen molar-refractivity contribution in [2.75, 3.05) is 11.9 Å². The lowest BCUT2D eigenvalue weighted by Gasteiger charge is -2.12. The molecule has 1 amide bonds. The molecule has 4 nitrogen and oxygen atoms in total. The molecule has 0 saturated carbocycles. The molecule has 1 rings (SSSR count). The van der Waals surface area contributed by atoms with Gasteiger partial charge in [-0.3, -0.25) is 9.59 Å².